The monoisotopic (exact) mass is 428 g/mol. The Kier molecular flexibility index (Phi) is 4.09. The minimum atomic E-state index is -4.42. The Morgan fingerprint density at radius 3 is 2.55 bits per heavy atom. The van der Waals surface area contributed by atoms with Gasteiger partial charge in [-0.2, -0.15) is 13.2 Å². The van der Waals surface area contributed by atoms with E-state index in [0.29, 0.717) is 17.2 Å². The molecule has 6 nitrogen and oxygen atoms in total. The van der Waals surface area contributed by atoms with Gasteiger partial charge in [0.2, 0.25) is 0 Å². The first-order chi connectivity index (χ1) is 14.9. The smallest absolute Gasteiger partial charge is 0.354 e. The number of anilines is 1. The van der Waals surface area contributed by atoms with Crippen molar-refractivity contribution in [2.24, 2.45) is 11.3 Å². The maximum absolute atomic E-state index is 13.1. The molecule has 6 rings (SSSR count). The van der Waals surface area contributed by atoms with Gasteiger partial charge in [0.1, 0.15) is 17.2 Å². The molecule has 0 bridgehead atoms. The first-order valence-corrected chi connectivity index (χ1v) is 10.8. The summed E-state index contributed by atoms with van der Waals surface area (Å²) in [4.78, 5) is 18.0. The Balaban J connectivity index is 1.20. The largest absolute Gasteiger partial charge is 0.417 e. The normalized spacial score (nSPS) is 22.9. The van der Waals surface area contributed by atoms with Gasteiger partial charge in [0.25, 0.3) is 0 Å². The summed E-state index contributed by atoms with van der Waals surface area (Å²) >= 11 is 0. The first kappa shape index (κ1) is 19.0. The zero-order valence-electron chi connectivity index (χ0n) is 17.0. The van der Waals surface area contributed by atoms with Crippen LogP contribution in [0.2, 0.25) is 0 Å². The molecule has 1 aliphatic heterocycles. The number of pyridine rings is 1. The average molecular weight is 428 g/mol. The van der Waals surface area contributed by atoms with Crippen molar-refractivity contribution in [3.63, 3.8) is 0 Å². The van der Waals surface area contributed by atoms with Crippen LogP contribution >= 0.6 is 0 Å². The molecule has 1 saturated heterocycles. The highest BCUT2D eigenvalue weighted by molar-refractivity contribution is 5.59. The molecule has 2 saturated carbocycles. The fourth-order valence-electron chi connectivity index (χ4n) is 4.90. The minimum absolute atomic E-state index is 0.375. The van der Waals surface area contributed by atoms with E-state index in [9.17, 15) is 13.2 Å². The molecule has 31 heavy (non-hydrogen) atoms. The zero-order valence-corrected chi connectivity index (χ0v) is 17.0. The van der Waals surface area contributed by atoms with Crippen molar-refractivity contribution < 1.29 is 13.2 Å². The van der Waals surface area contributed by atoms with Gasteiger partial charge >= 0.3 is 6.18 Å². The highest BCUT2D eigenvalue weighted by Crippen LogP contribution is 2.70. The number of aromatic nitrogens is 4. The SMILES string of the molecule is FC(F)(F)c1ccc2ncc(-c3nccc(N4CCN(CC5CC56CC6)CC4)n3)n2c1. The second-order valence-corrected chi connectivity index (χ2v) is 9.08. The molecule has 3 fully saturated rings. The van der Waals surface area contributed by atoms with E-state index in [1.54, 1.807) is 6.20 Å². The lowest BCUT2D eigenvalue weighted by atomic mass is 10.2. The van der Waals surface area contributed by atoms with Gasteiger partial charge in [0, 0.05) is 45.1 Å². The predicted octanol–water partition coefficient (Wildman–Crippen LogP) is 3.73. The summed E-state index contributed by atoms with van der Waals surface area (Å²) in [5.74, 6) is 2.08. The van der Waals surface area contributed by atoms with Gasteiger partial charge in [-0.05, 0) is 48.8 Å². The number of fused-ring (bicyclic) bond motifs is 1. The van der Waals surface area contributed by atoms with Crippen LogP contribution < -0.4 is 4.90 Å². The summed E-state index contributed by atoms with van der Waals surface area (Å²) in [6.07, 6.45) is 4.09. The van der Waals surface area contributed by atoms with Crippen molar-refractivity contribution in [2.45, 2.75) is 25.4 Å². The standard InChI is InChI=1S/C22H23F3N6/c23-22(24,25)15-1-2-18-27-12-17(31(18)14-15)20-26-6-3-19(28-20)30-9-7-29(8-10-30)13-16-11-21(16)4-5-21/h1-3,6,12,14,16H,4-5,7-11,13H2. The van der Waals surface area contributed by atoms with Crippen LogP contribution in [0.25, 0.3) is 17.2 Å². The topological polar surface area (TPSA) is 49.6 Å². The van der Waals surface area contributed by atoms with Crippen molar-refractivity contribution in [2.75, 3.05) is 37.6 Å². The summed E-state index contributed by atoms with van der Waals surface area (Å²) < 4.78 is 40.9. The molecule has 1 unspecified atom stereocenters. The number of halogens is 3. The van der Waals surface area contributed by atoms with Gasteiger partial charge < -0.3 is 4.90 Å². The van der Waals surface area contributed by atoms with E-state index in [-0.39, 0.29) is 0 Å². The molecule has 1 atom stereocenters. The summed E-state index contributed by atoms with van der Waals surface area (Å²) in [6, 6.07) is 4.26. The van der Waals surface area contributed by atoms with Crippen LogP contribution in [0.5, 0.6) is 0 Å². The molecule has 0 N–H and O–H groups in total. The van der Waals surface area contributed by atoms with E-state index in [0.717, 1.165) is 55.6 Å². The fraction of sp³-hybridized carbons (Fsp3) is 0.500. The number of hydrogen-bond acceptors (Lipinski definition) is 5. The number of nitrogens with zero attached hydrogens (tertiary/aromatic N) is 6. The Hall–Kier alpha value is -2.68. The third-order valence-electron chi connectivity index (χ3n) is 7.13. The van der Waals surface area contributed by atoms with Crippen molar-refractivity contribution in [1.82, 2.24) is 24.3 Å². The van der Waals surface area contributed by atoms with Crippen LogP contribution in [0.1, 0.15) is 24.8 Å². The molecule has 1 spiro atoms. The van der Waals surface area contributed by atoms with Crippen LogP contribution in [0.15, 0.2) is 36.8 Å². The van der Waals surface area contributed by atoms with Crippen molar-refractivity contribution >= 4 is 11.5 Å². The lowest BCUT2D eigenvalue weighted by molar-refractivity contribution is -0.137. The van der Waals surface area contributed by atoms with Gasteiger partial charge in [-0.1, -0.05) is 0 Å². The number of piperazine rings is 1. The van der Waals surface area contributed by atoms with Crippen LogP contribution in [0.4, 0.5) is 19.0 Å². The van der Waals surface area contributed by atoms with E-state index in [2.05, 4.69) is 24.8 Å². The summed E-state index contributed by atoms with van der Waals surface area (Å²) in [7, 11) is 0. The second kappa shape index (κ2) is 6.66. The molecule has 162 valence electrons. The summed E-state index contributed by atoms with van der Waals surface area (Å²) in [5.41, 5.74) is 0.887. The van der Waals surface area contributed by atoms with E-state index >= 15 is 0 Å². The van der Waals surface area contributed by atoms with Gasteiger partial charge in [-0.15, -0.1) is 0 Å². The average Bonchev–Trinajstić information content (AvgIpc) is 3.64. The number of alkyl halides is 3. The molecule has 3 aromatic rings. The predicted molar refractivity (Wildman–Crippen MR) is 110 cm³/mol. The Labute approximate surface area is 177 Å². The van der Waals surface area contributed by atoms with Crippen molar-refractivity contribution in [1.29, 1.82) is 0 Å². The Bertz CT molecular complexity index is 1130. The van der Waals surface area contributed by atoms with E-state index in [1.807, 2.05) is 6.07 Å². The van der Waals surface area contributed by atoms with Crippen LogP contribution in [-0.2, 0) is 6.18 Å². The molecular weight excluding hydrogens is 405 g/mol. The van der Waals surface area contributed by atoms with Gasteiger partial charge in [0.05, 0.1) is 11.8 Å². The molecule has 4 heterocycles. The maximum atomic E-state index is 13.1. The Morgan fingerprint density at radius 2 is 1.84 bits per heavy atom. The zero-order chi connectivity index (χ0) is 21.2. The quantitative estimate of drug-likeness (QED) is 0.634. The molecular formula is C22H23F3N6. The third kappa shape index (κ3) is 3.44. The van der Waals surface area contributed by atoms with Crippen molar-refractivity contribution in [3.05, 3.63) is 42.4 Å². The lowest BCUT2D eigenvalue weighted by Crippen LogP contribution is -2.47. The van der Waals surface area contributed by atoms with E-state index < -0.39 is 11.7 Å². The third-order valence-corrected chi connectivity index (χ3v) is 7.13. The molecule has 0 amide bonds. The van der Waals surface area contributed by atoms with Gasteiger partial charge in [-0.3, -0.25) is 9.30 Å². The summed E-state index contributed by atoms with van der Waals surface area (Å²) in [6.45, 7) is 5.02. The molecule has 3 aliphatic rings. The van der Waals surface area contributed by atoms with E-state index in [4.69, 9.17) is 0 Å². The van der Waals surface area contributed by atoms with Crippen LogP contribution in [-0.4, -0.2) is 57.0 Å². The van der Waals surface area contributed by atoms with E-state index in [1.165, 1.54) is 42.5 Å². The highest BCUT2D eigenvalue weighted by atomic mass is 19.4. The Morgan fingerprint density at radius 1 is 1.03 bits per heavy atom. The fourth-order valence-corrected chi connectivity index (χ4v) is 4.90. The van der Waals surface area contributed by atoms with Crippen LogP contribution in [0, 0.1) is 11.3 Å². The highest BCUT2D eigenvalue weighted by Gasteiger charge is 2.62. The van der Waals surface area contributed by atoms with Crippen molar-refractivity contribution in [3.8, 4) is 11.5 Å². The summed E-state index contributed by atoms with van der Waals surface area (Å²) in [5, 5.41) is 0. The lowest BCUT2D eigenvalue weighted by Gasteiger charge is -2.35. The van der Waals surface area contributed by atoms with Gasteiger partial charge in [-0.25, -0.2) is 15.0 Å². The first-order valence-electron chi connectivity index (χ1n) is 10.8. The van der Waals surface area contributed by atoms with Gasteiger partial charge in [0.15, 0.2) is 5.82 Å². The second-order valence-electron chi connectivity index (χ2n) is 9.08. The maximum Gasteiger partial charge on any atom is 0.417 e. The molecule has 9 heteroatoms. The van der Waals surface area contributed by atoms with Crippen LogP contribution in [0.3, 0.4) is 0 Å². The number of hydrogen-bond donors (Lipinski definition) is 0. The number of rotatable bonds is 4. The molecule has 0 radical (unpaired) electrons. The molecule has 3 aromatic heterocycles. The molecule has 2 aliphatic carbocycles. The number of imidazole rings is 1. The minimum Gasteiger partial charge on any atom is -0.354 e. The molecule has 0 aromatic carbocycles.